The van der Waals surface area contributed by atoms with Gasteiger partial charge in [-0.1, -0.05) is 11.6 Å². The Balaban J connectivity index is 2.17. The van der Waals surface area contributed by atoms with Gasteiger partial charge in [0, 0.05) is 18.3 Å². The lowest BCUT2D eigenvalue weighted by Crippen LogP contribution is -2.03. The van der Waals surface area contributed by atoms with Crippen LogP contribution in [0.3, 0.4) is 0 Å². The molecule has 3 aromatic rings. The number of rotatable bonds is 3. The third kappa shape index (κ3) is 2.54. The van der Waals surface area contributed by atoms with Crippen molar-refractivity contribution in [3.05, 3.63) is 41.8 Å². The van der Waals surface area contributed by atoms with Crippen LogP contribution in [0, 0.1) is 5.82 Å². The first-order valence-electron chi connectivity index (χ1n) is 6.88. The SMILES string of the molecule is [2H]c1cc2ncn(C(C)C)c2c(Nc2cc(Cl)ncc2F)n1. The van der Waals surface area contributed by atoms with Crippen molar-refractivity contribution < 1.29 is 5.76 Å². The number of nitrogens with zero attached hydrogens (tertiary/aromatic N) is 4. The molecule has 0 aliphatic carbocycles. The molecule has 7 heteroatoms. The van der Waals surface area contributed by atoms with E-state index in [4.69, 9.17) is 13.0 Å². The summed E-state index contributed by atoms with van der Waals surface area (Å²) in [5, 5.41) is 3.05. The van der Waals surface area contributed by atoms with Gasteiger partial charge in [-0.25, -0.2) is 19.3 Å². The minimum Gasteiger partial charge on any atom is -0.336 e. The molecule has 0 fully saturated rings. The van der Waals surface area contributed by atoms with Crippen molar-refractivity contribution in [2.75, 3.05) is 5.32 Å². The van der Waals surface area contributed by atoms with E-state index in [2.05, 4.69) is 20.3 Å². The van der Waals surface area contributed by atoms with Crippen molar-refractivity contribution in [3.63, 3.8) is 0 Å². The second-order valence-electron chi connectivity index (χ2n) is 4.83. The highest BCUT2D eigenvalue weighted by molar-refractivity contribution is 6.29. The van der Waals surface area contributed by atoms with Crippen molar-refractivity contribution in [2.24, 2.45) is 0 Å². The molecule has 21 heavy (non-hydrogen) atoms. The van der Waals surface area contributed by atoms with Gasteiger partial charge in [-0.05, 0) is 19.9 Å². The summed E-state index contributed by atoms with van der Waals surface area (Å²) < 4.78 is 23.5. The maximum absolute atomic E-state index is 13.9. The standard InChI is InChI=1S/C14H13ClFN5/c1-8(2)21-7-19-10-3-4-17-14(13(10)21)20-11-5-12(15)18-6-9(11)16/h3-8H,1-2H3,(H,17,18,20)/i4D. The average Bonchev–Trinajstić information content (AvgIpc) is 2.86. The zero-order valence-electron chi connectivity index (χ0n) is 12.4. The number of fused-ring (bicyclic) bond motifs is 1. The van der Waals surface area contributed by atoms with E-state index in [1.807, 2.05) is 18.4 Å². The summed E-state index contributed by atoms with van der Waals surface area (Å²) in [6.07, 6.45) is 2.76. The Labute approximate surface area is 127 Å². The molecule has 108 valence electrons. The third-order valence-corrected chi connectivity index (χ3v) is 3.26. The molecule has 0 radical (unpaired) electrons. The summed E-state index contributed by atoms with van der Waals surface area (Å²) in [6.45, 7) is 4.01. The van der Waals surface area contributed by atoms with Crippen LogP contribution in [0.1, 0.15) is 21.3 Å². The Morgan fingerprint density at radius 2 is 2.19 bits per heavy atom. The molecule has 0 atom stereocenters. The number of pyridine rings is 2. The first-order valence-corrected chi connectivity index (χ1v) is 6.75. The van der Waals surface area contributed by atoms with Gasteiger partial charge in [0.05, 0.1) is 25.1 Å². The van der Waals surface area contributed by atoms with Gasteiger partial charge < -0.3 is 9.88 Å². The predicted molar refractivity (Wildman–Crippen MR) is 80.4 cm³/mol. The molecule has 0 saturated carbocycles. The average molecular weight is 307 g/mol. The van der Waals surface area contributed by atoms with E-state index in [-0.39, 0.29) is 23.1 Å². The van der Waals surface area contributed by atoms with Crippen LogP contribution in [0.2, 0.25) is 5.15 Å². The third-order valence-electron chi connectivity index (χ3n) is 3.06. The Kier molecular flexibility index (Phi) is 3.16. The van der Waals surface area contributed by atoms with Gasteiger partial charge in [0.2, 0.25) is 0 Å². The van der Waals surface area contributed by atoms with Crippen molar-refractivity contribution in [1.82, 2.24) is 19.5 Å². The lowest BCUT2D eigenvalue weighted by molar-refractivity contribution is 0.617. The number of anilines is 2. The van der Waals surface area contributed by atoms with Gasteiger partial charge in [-0.3, -0.25) is 0 Å². The summed E-state index contributed by atoms with van der Waals surface area (Å²) in [5.74, 6) is -0.194. The lowest BCUT2D eigenvalue weighted by Gasteiger charge is -2.12. The van der Waals surface area contributed by atoms with E-state index in [1.165, 1.54) is 6.07 Å². The van der Waals surface area contributed by atoms with Crippen molar-refractivity contribution in [1.29, 1.82) is 0 Å². The number of imidazole rings is 1. The predicted octanol–water partition coefficient (Wildman–Crippen LogP) is 3.94. The van der Waals surface area contributed by atoms with Gasteiger partial charge in [0.15, 0.2) is 11.6 Å². The van der Waals surface area contributed by atoms with E-state index < -0.39 is 5.82 Å². The van der Waals surface area contributed by atoms with Crippen LogP contribution >= 0.6 is 11.6 Å². The largest absolute Gasteiger partial charge is 0.336 e. The molecule has 0 aliphatic heterocycles. The maximum Gasteiger partial charge on any atom is 0.165 e. The van der Waals surface area contributed by atoms with Crippen LogP contribution in [0.25, 0.3) is 11.0 Å². The minimum absolute atomic E-state index is 0.0459. The van der Waals surface area contributed by atoms with E-state index in [9.17, 15) is 4.39 Å². The van der Waals surface area contributed by atoms with E-state index >= 15 is 0 Å². The molecule has 1 N–H and O–H groups in total. The fraction of sp³-hybridized carbons (Fsp3) is 0.214. The van der Waals surface area contributed by atoms with Gasteiger partial charge in [0.25, 0.3) is 0 Å². The van der Waals surface area contributed by atoms with Gasteiger partial charge in [-0.15, -0.1) is 0 Å². The number of aromatic nitrogens is 4. The number of nitrogens with one attached hydrogen (secondary N) is 1. The normalized spacial score (nSPS) is 12.0. The zero-order valence-corrected chi connectivity index (χ0v) is 12.2. The van der Waals surface area contributed by atoms with Crippen LogP contribution in [-0.4, -0.2) is 19.5 Å². The number of hydrogen-bond donors (Lipinski definition) is 1. The van der Waals surface area contributed by atoms with Crippen LogP contribution in [-0.2, 0) is 0 Å². The molecule has 0 aromatic carbocycles. The van der Waals surface area contributed by atoms with E-state index in [0.717, 1.165) is 6.20 Å². The Bertz CT molecular complexity index is 849. The van der Waals surface area contributed by atoms with Crippen LogP contribution < -0.4 is 5.32 Å². The quantitative estimate of drug-likeness (QED) is 0.745. The van der Waals surface area contributed by atoms with Gasteiger partial charge in [0.1, 0.15) is 10.7 Å². The molecule has 0 saturated heterocycles. The highest BCUT2D eigenvalue weighted by Crippen LogP contribution is 2.27. The molecule has 0 aliphatic rings. The molecule has 0 amide bonds. The molecule has 0 unspecified atom stereocenters. The molecular formula is C14H13ClFN5. The van der Waals surface area contributed by atoms with Gasteiger partial charge in [-0.2, -0.15) is 0 Å². The molecule has 3 heterocycles. The molecule has 3 rings (SSSR count). The van der Waals surface area contributed by atoms with Gasteiger partial charge >= 0.3 is 0 Å². The first kappa shape index (κ1) is 12.5. The Morgan fingerprint density at radius 1 is 1.38 bits per heavy atom. The fourth-order valence-corrected chi connectivity index (χ4v) is 2.21. The monoisotopic (exact) mass is 306 g/mol. The highest BCUT2D eigenvalue weighted by Gasteiger charge is 2.13. The van der Waals surface area contributed by atoms with Crippen molar-refractivity contribution in [2.45, 2.75) is 19.9 Å². The summed E-state index contributed by atoms with van der Waals surface area (Å²) in [4.78, 5) is 12.1. The Morgan fingerprint density at radius 3 is 2.95 bits per heavy atom. The number of hydrogen-bond acceptors (Lipinski definition) is 4. The fourth-order valence-electron chi connectivity index (χ4n) is 2.05. The van der Waals surface area contributed by atoms with Crippen LogP contribution in [0.15, 0.2) is 30.8 Å². The second-order valence-corrected chi connectivity index (χ2v) is 5.21. The smallest absolute Gasteiger partial charge is 0.165 e. The summed E-state index contributed by atoms with van der Waals surface area (Å²) in [6, 6.07) is 3.08. The molecule has 0 bridgehead atoms. The summed E-state index contributed by atoms with van der Waals surface area (Å²) in [5.41, 5.74) is 1.48. The second kappa shape index (κ2) is 5.29. The minimum atomic E-state index is -0.551. The van der Waals surface area contributed by atoms with Crippen LogP contribution in [0.5, 0.6) is 0 Å². The summed E-state index contributed by atoms with van der Waals surface area (Å²) in [7, 11) is 0. The Hall–Kier alpha value is -2.21. The zero-order chi connectivity index (χ0) is 15.9. The molecule has 0 spiro atoms. The maximum atomic E-state index is 13.9. The van der Waals surface area contributed by atoms with Crippen molar-refractivity contribution in [3.8, 4) is 0 Å². The topological polar surface area (TPSA) is 55.6 Å². The molecule has 5 nitrogen and oxygen atoms in total. The first-order chi connectivity index (χ1) is 10.5. The molecular weight excluding hydrogens is 293 g/mol. The number of halogens is 2. The van der Waals surface area contributed by atoms with Crippen molar-refractivity contribution >= 4 is 34.1 Å². The van der Waals surface area contributed by atoms with E-state index in [0.29, 0.717) is 16.9 Å². The van der Waals surface area contributed by atoms with E-state index in [1.54, 1.807) is 12.4 Å². The summed E-state index contributed by atoms with van der Waals surface area (Å²) >= 11 is 5.80. The van der Waals surface area contributed by atoms with Crippen LogP contribution in [0.4, 0.5) is 15.9 Å². The highest BCUT2D eigenvalue weighted by atomic mass is 35.5. The lowest BCUT2D eigenvalue weighted by atomic mass is 10.3. The molecule has 3 aromatic heterocycles.